The van der Waals surface area contributed by atoms with Gasteiger partial charge in [-0.1, -0.05) is 44.1 Å². The van der Waals surface area contributed by atoms with Crippen molar-refractivity contribution in [2.75, 3.05) is 24.7 Å². The molecule has 0 spiro atoms. The molecule has 1 aliphatic rings. The zero-order valence-corrected chi connectivity index (χ0v) is 16.5. The summed E-state index contributed by atoms with van der Waals surface area (Å²) >= 11 is 0. The van der Waals surface area contributed by atoms with Gasteiger partial charge < -0.3 is 14.2 Å². The van der Waals surface area contributed by atoms with Crippen LogP contribution < -0.4 is 4.90 Å². The number of para-hydroxylation sites is 1. The van der Waals surface area contributed by atoms with Gasteiger partial charge in [-0.25, -0.2) is 0 Å². The molecule has 2 heterocycles. The Morgan fingerprint density at radius 1 is 1.26 bits per heavy atom. The predicted octanol–water partition coefficient (Wildman–Crippen LogP) is 3.76. The maximum Gasteiger partial charge on any atom is 0.227 e. The molecule has 3 rings (SSSR count). The van der Waals surface area contributed by atoms with Gasteiger partial charge in [0, 0.05) is 43.0 Å². The summed E-state index contributed by atoms with van der Waals surface area (Å²) in [6.45, 7) is 8.38. The van der Waals surface area contributed by atoms with Crippen molar-refractivity contribution in [3.8, 4) is 0 Å². The van der Waals surface area contributed by atoms with E-state index in [1.807, 2.05) is 35.2 Å². The van der Waals surface area contributed by atoms with Crippen LogP contribution in [0.1, 0.15) is 51.7 Å². The standard InChI is InChI=1S/C21H29N3O3/c1-21(2,3)20-22-18(27-23-20)10-7-11-19(25)24(14-16-12-13-26-15-16)17-8-5-4-6-9-17/h4-6,8-9,16H,7,10-15H2,1-3H3. The predicted molar refractivity (Wildman–Crippen MR) is 104 cm³/mol. The highest BCUT2D eigenvalue weighted by Gasteiger charge is 2.24. The number of hydrogen-bond acceptors (Lipinski definition) is 5. The number of hydrogen-bond donors (Lipinski definition) is 0. The molecular weight excluding hydrogens is 342 g/mol. The van der Waals surface area contributed by atoms with Crippen molar-refractivity contribution in [2.24, 2.45) is 5.92 Å². The lowest BCUT2D eigenvalue weighted by Gasteiger charge is -2.25. The minimum Gasteiger partial charge on any atom is -0.381 e. The minimum atomic E-state index is -0.134. The SMILES string of the molecule is CC(C)(C)c1noc(CCCC(=O)N(CC2CCOC2)c2ccccc2)n1. The van der Waals surface area contributed by atoms with Crippen molar-refractivity contribution in [1.29, 1.82) is 0 Å². The van der Waals surface area contributed by atoms with E-state index in [1.165, 1.54) is 0 Å². The van der Waals surface area contributed by atoms with E-state index < -0.39 is 0 Å². The van der Waals surface area contributed by atoms with Gasteiger partial charge in [0.25, 0.3) is 0 Å². The number of amides is 1. The van der Waals surface area contributed by atoms with Gasteiger partial charge in [0.1, 0.15) is 0 Å². The second-order valence-electron chi connectivity index (χ2n) is 8.18. The van der Waals surface area contributed by atoms with Crippen LogP contribution in [0.2, 0.25) is 0 Å². The number of nitrogens with zero attached hydrogens (tertiary/aromatic N) is 3. The van der Waals surface area contributed by atoms with Crippen molar-refractivity contribution in [3.05, 3.63) is 42.0 Å². The second kappa shape index (κ2) is 8.65. The van der Waals surface area contributed by atoms with Crippen molar-refractivity contribution in [3.63, 3.8) is 0 Å². The van der Waals surface area contributed by atoms with Gasteiger partial charge in [0.15, 0.2) is 5.82 Å². The van der Waals surface area contributed by atoms with E-state index in [9.17, 15) is 4.79 Å². The first-order valence-electron chi connectivity index (χ1n) is 9.69. The van der Waals surface area contributed by atoms with E-state index in [1.54, 1.807) is 0 Å². The van der Waals surface area contributed by atoms with Crippen LogP contribution in [0, 0.1) is 5.92 Å². The Hall–Kier alpha value is -2.21. The Labute approximate surface area is 160 Å². The van der Waals surface area contributed by atoms with E-state index in [-0.39, 0.29) is 11.3 Å². The van der Waals surface area contributed by atoms with E-state index in [2.05, 4.69) is 30.9 Å². The third kappa shape index (κ3) is 5.39. The lowest BCUT2D eigenvalue weighted by atomic mass is 9.96. The maximum atomic E-state index is 12.9. The van der Waals surface area contributed by atoms with Crippen LogP contribution in [0.15, 0.2) is 34.9 Å². The summed E-state index contributed by atoms with van der Waals surface area (Å²) < 4.78 is 10.8. The largest absolute Gasteiger partial charge is 0.381 e. The fourth-order valence-corrected chi connectivity index (χ4v) is 3.13. The fourth-order valence-electron chi connectivity index (χ4n) is 3.13. The van der Waals surface area contributed by atoms with Gasteiger partial charge in [-0.15, -0.1) is 0 Å². The molecule has 1 atom stereocenters. The highest BCUT2D eigenvalue weighted by atomic mass is 16.5. The van der Waals surface area contributed by atoms with Crippen molar-refractivity contribution in [2.45, 2.75) is 51.9 Å². The van der Waals surface area contributed by atoms with Gasteiger partial charge in [-0.2, -0.15) is 4.98 Å². The summed E-state index contributed by atoms with van der Waals surface area (Å²) in [6, 6.07) is 9.87. The Morgan fingerprint density at radius 3 is 2.67 bits per heavy atom. The van der Waals surface area contributed by atoms with E-state index in [0.29, 0.717) is 43.4 Å². The number of carbonyl (C=O) groups excluding carboxylic acids is 1. The summed E-state index contributed by atoms with van der Waals surface area (Å²) in [5, 5.41) is 4.04. The van der Waals surface area contributed by atoms with Crippen molar-refractivity contribution >= 4 is 11.6 Å². The average molecular weight is 371 g/mol. The number of anilines is 1. The number of carbonyl (C=O) groups is 1. The molecule has 27 heavy (non-hydrogen) atoms. The molecule has 146 valence electrons. The van der Waals surface area contributed by atoms with Crippen LogP contribution in [-0.2, 0) is 21.4 Å². The first-order chi connectivity index (χ1) is 12.9. The minimum absolute atomic E-state index is 0.128. The molecule has 0 saturated carbocycles. The van der Waals surface area contributed by atoms with Gasteiger partial charge in [0.05, 0.1) is 6.61 Å². The molecule has 1 aliphatic heterocycles. The second-order valence-corrected chi connectivity index (χ2v) is 8.18. The van der Waals surface area contributed by atoms with Gasteiger partial charge in [0.2, 0.25) is 11.8 Å². The van der Waals surface area contributed by atoms with Crippen LogP contribution in [0.4, 0.5) is 5.69 Å². The fraction of sp³-hybridized carbons (Fsp3) is 0.571. The zero-order valence-electron chi connectivity index (χ0n) is 16.5. The molecule has 0 bridgehead atoms. The molecule has 1 amide bonds. The first-order valence-corrected chi connectivity index (χ1v) is 9.69. The van der Waals surface area contributed by atoms with Crippen LogP contribution in [-0.4, -0.2) is 35.8 Å². The van der Waals surface area contributed by atoms with Crippen molar-refractivity contribution < 1.29 is 14.1 Å². The quantitative estimate of drug-likeness (QED) is 0.741. The Bertz CT molecular complexity index is 731. The molecule has 6 heteroatoms. The topological polar surface area (TPSA) is 68.5 Å². The number of rotatable bonds is 7. The van der Waals surface area contributed by atoms with Gasteiger partial charge in [-0.3, -0.25) is 4.79 Å². The summed E-state index contributed by atoms with van der Waals surface area (Å²) in [5.41, 5.74) is 0.813. The number of aryl methyl sites for hydroxylation is 1. The Kier molecular flexibility index (Phi) is 6.26. The first kappa shape index (κ1) is 19.5. The van der Waals surface area contributed by atoms with E-state index in [4.69, 9.17) is 9.26 Å². The lowest BCUT2D eigenvalue weighted by Crippen LogP contribution is -2.35. The molecule has 1 aromatic heterocycles. The molecule has 0 N–H and O–H groups in total. The number of aromatic nitrogens is 2. The molecule has 2 aromatic rings. The highest BCUT2D eigenvalue weighted by molar-refractivity contribution is 5.93. The lowest BCUT2D eigenvalue weighted by molar-refractivity contribution is -0.118. The van der Waals surface area contributed by atoms with Crippen LogP contribution >= 0.6 is 0 Å². The van der Waals surface area contributed by atoms with Gasteiger partial charge in [-0.05, 0) is 25.0 Å². The molecule has 6 nitrogen and oxygen atoms in total. The summed E-state index contributed by atoms with van der Waals surface area (Å²) in [7, 11) is 0. The smallest absolute Gasteiger partial charge is 0.227 e. The average Bonchev–Trinajstić information content (AvgIpc) is 3.32. The zero-order chi connectivity index (χ0) is 19.3. The highest BCUT2D eigenvalue weighted by Crippen LogP contribution is 2.22. The Balaban J connectivity index is 1.58. The van der Waals surface area contributed by atoms with Crippen molar-refractivity contribution in [1.82, 2.24) is 10.1 Å². The van der Waals surface area contributed by atoms with E-state index in [0.717, 1.165) is 25.3 Å². The molecule has 1 unspecified atom stereocenters. The van der Waals surface area contributed by atoms with Crippen LogP contribution in [0.5, 0.6) is 0 Å². The summed E-state index contributed by atoms with van der Waals surface area (Å²) in [5.74, 6) is 1.84. The van der Waals surface area contributed by atoms with Crippen LogP contribution in [0.3, 0.4) is 0 Å². The summed E-state index contributed by atoms with van der Waals surface area (Å²) in [6.07, 6.45) is 2.77. The monoisotopic (exact) mass is 371 g/mol. The van der Waals surface area contributed by atoms with Crippen LogP contribution in [0.25, 0.3) is 0 Å². The normalized spacial score (nSPS) is 17.2. The molecular formula is C21H29N3O3. The third-order valence-corrected chi connectivity index (χ3v) is 4.75. The molecule has 1 saturated heterocycles. The summed E-state index contributed by atoms with van der Waals surface area (Å²) in [4.78, 5) is 19.2. The van der Waals surface area contributed by atoms with Gasteiger partial charge >= 0.3 is 0 Å². The Morgan fingerprint density at radius 2 is 2.04 bits per heavy atom. The molecule has 0 radical (unpaired) electrons. The number of benzene rings is 1. The third-order valence-electron chi connectivity index (χ3n) is 4.75. The molecule has 1 aromatic carbocycles. The van der Waals surface area contributed by atoms with E-state index >= 15 is 0 Å². The number of ether oxygens (including phenoxy) is 1. The maximum absolute atomic E-state index is 12.9. The molecule has 1 fully saturated rings. The molecule has 0 aliphatic carbocycles.